The molecule has 3 aromatic rings. The lowest BCUT2D eigenvalue weighted by Gasteiger charge is -2.28. The number of carbonyl (C=O) groups is 2. The summed E-state index contributed by atoms with van der Waals surface area (Å²) < 4.78 is 19.0. The summed E-state index contributed by atoms with van der Waals surface area (Å²) in [4.78, 5) is 24.8. The predicted octanol–water partition coefficient (Wildman–Crippen LogP) is 4.61. The van der Waals surface area contributed by atoms with Gasteiger partial charge in [-0.15, -0.1) is 0 Å². The van der Waals surface area contributed by atoms with Gasteiger partial charge in [-0.3, -0.25) is 9.59 Å². The van der Waals surface area contributed by atoms with Gasteiger partial charge in [-0.25, -0.2) is 4.39 Å². The van der Waals surface area contributed by atoms with Gasteiger partial charge in [0.1, 0.15) is 17.3 Å². The van der Waals surface area contributed by atoms with E-state index in [1.807, 2.05) is 48.5 Å². The van der Waals surface area contributed by atoms with E-state index in [0.29, 0.717) is 11.5 Å². The molecule has 0 spiro atoms. The largest absolute Gasteiger partial charge is 0.457 e. The summed E-state index contributed by atoms with van der Waals surface area (Å²) in [6.07, 6.45) is 0.0756. The van der Waals surface area contributed by atoms with Crippen LogP contribution in [0.25, 0.3) is 0 Å². The number of benzene rings is 3. The Morgan fingerprint density at radius 3 is 2.23 bits per heavy atom. The Morgan fingerprint density at radius 1 is 0.967 bits per heavy atom. The van der Waals surface area contributed by atoms with Gasteiger partial charge in [0.25, 0.3) is 5.91 Å². The maximum Gasteiger partial charge on any atom is 0.252 e. The first-order chi connectivity index (χ1) is 14.5. The quantitative estimate of drug-likeness (QED) is 0.628. The van der Waals surface area contributed by atoms with Crippen molar-refractivity contribution in [3.8, 4) is 11.5 Å². The fraction of sp³-hybridized carbons (Fsp3) is 0.130. The van der Waals surface area contributed by atoms with Crippen LogP contribution in [0.3, 0.4) is 0 Å². The molecule has 3 aromatic carbocycles. The molecule has 0 fully saturated rings. The van der Waals surface area contributed by atoms with Crippen molar-refractivity contribution in [1.29, 1.82) is 0 Å². The van der Waals surface area contributed by atoms with E-state index in [0.717, 1.165) is 23.3 Å². The van der Waals surface area contributed by atoms with E-state index in [4.69, 9.17) is 16.3 Å². The number of hydrogen-bond donors (Lipinski definition) is 2. The number of carbonyl (C=O) groups excluding carboxylic acids is 2. The fourth-order valence-electron chi connectivity index (χ4n) is 3.36. The molecule has 2 amide bonds. The molecule has 7 heteroatoms. The summed E-state index contributed by atoms with van der Waals surface area (Å²) in [7, 11) is 0. The average molecular weight is 425 g/mol. The van der Waals surface area contributed by atoms with Gasteiger partial charge in [0, 0.05) is 24.1 Å². The Balaban J connectivity index is 1.40. The molecule has 152 valence electrons. The number of nitrogens with one attached hydrogen (secondary N) is 2. The van der Waals surface area contributed by atoms with Crippen LogP contribution in [0.15, 0.2) is 66.7 Å². The molecule has 0 saturated heterocycles. The Kier molecular flexibility index (Phi) is 5.68. The standard InChI is InChI=1S/C23H18ClFN2O3/c24-18-13-14(25)9-10-15(18)23(29)26-12-11-21(28)27-22-16-5-1-3-7-19(16)30-20-8-4-2-6-17(20)22/h1-10,13,22H,11-12H2,(H,26,29)(H,27,28). The molecule has 4 rings (SSSR count). The summed E-state index contributed by atoms with van der Waals surface area (Å²) in [5, 5.41) is 5.67. The molecular formula is C23H18ClFN2O3. The van der Waals surface area contributed by atoms with E-state index in [2.05, 4.69) is 10.6 Å². The van der Waals surface area contributed by atoms with Crippen molar-refractivity contribution in [3.63, 3.8) is 0 Å². The number of amides is 2. The monoisotopic (exact) mass is 424 g/mol. The Morgan fingerprint density at radius 2 is 1.60 bits per heavy atom. The molecule has 1 aliphatic rings. The molecule has 0 atom stereocenters. The van der Waals surface area contributed by atoms with Gasteiger partial charge in [0.15, 0.2) is 0 Å². The van der Waals surface area contributed by atoms with Gasteiger partial charge in [-0.1, -0.05) is 48.0 Å². The van der Waals surface area contributed by atoms with Gasteiger partial charge in [-0.05, 0) is 30.3 Å². The van der Waals surface area contributed by atoms with Crippen LogP contribution in [-0.4, -0.2) is 18.4 Å². The summed E-state index contributed by atoms with van der Waals surface area (Å²) >= 11 is 5.90. The highest BCUT2D eigenvalue weighted by Crippen LogP contribution is 2.42. The van der Waals surface area contributed by atoms with E-state index in [1.54, 1.807) is 0 Å². The van der Waals surface area contributed by atoms with Crippen LogP contribution in [0.1, 0.15) is 33.9 Å². The summed E-state index contributed by atoms with van der Waals surface area (Å²) in [5.41, 5.74) is 1.89. The van der Waals surface area contributed by atoms with Crippen LogP contribution < -0.4 is 15.4 Å². The van der Waals surface area contributed by atoms with E-state index in [1.165, 1.54) is 6.07 Å². The average Bonchev–Trinajstić information content (AvgIpc) is 2.73. The second kappa shape index (κ2) is 8.55. The lowest BCUT2D eigenvalue weighted by Crippen LogP contribution is -2.34. The van der Waals surface area contributed by atoms with Gasteiger partial charge in [0.2, 0.25) is 5.91 Å². The molecule has 1 heterocycles. The number of halogens is 2. The third kappa shape index (κ3) is 4.14. The molecule has 0 bridgehead atoms. The first-order valence-corrected chi connectivity index (χ1v) is 9.79. The molecule has 0 unspecified atom stereocenters. The smallest absolute Gasteiger partial charge is 0.252 e. The zero-order valence-electron chi connectivity index (χ0n) is 15.8. The number of fused-ring (bicyclic) bond motifs is 2. The van der Waals surface area contributed by atoms with E-state index in [9.17, 15) is 14.0 Å². The van der Waals surface area contributed by atoms with E-state index < -0.39 is 11.7 Å². The molecule has 0 radical (unpaired) electrons. The Hall–Kier alpha value is -3.38. The Bertz CT molecular complexity index is 1070. The topological polar surface area (TPSA) is 67.4 Å². The van der Waals surface area contributed by atoms with Crippen molar-refractivity contribution < 1.29 is 18.7 Å². The summed E-state index contributed by atoms with van der Waals surface area (Å²) in [5.74, 6) is 0.182. The van der Waals surface area contributed by atoms with Crippen LogP contribution in [0, 0.1) is 5.82 Å². The molecule has 1 aliphatic heterocycles. The van der Waals surface area contributed by atoms with Gasteiger partial charge >= 0.3 is 0 Å². The third-order valence-electron chi connectivity index (χ3n) is 4.80. The summed E-state index contributed by atoms with van der Waals surface area (Å²) in [6, 6.07) is 18.3. The predicted molar refractivity (Wildman–Crippen MR) is 111 cm³/mol. The Labute approximate surface area is 177 Å². The van der Waals surface area contributed by atoms with Crippen LogP contribution in [0.5, 0.6) is 11.5 Å². The van der Waals surface area contributed by atoms with Crippen molar-refractivity contribution >= 4 is 23.4 Å². The second-order valence-electron chi connectivity index (χ2n) is 6.81. The van der Waals surface area contributed by atoms with Crippen molar-refractivity contribution in [2.24, 2.45) is 0 Å². The zero-order chi connectivity index (χ0) is 21.1. The van der Waals surface area contributed by atoms with Gasteiger partial charge < -0.3 is 15.4 Å². The highest BCUT2D eigenvalue weighted by Gasteiger charge is 2.27. The SMILES string of the molecule is O=C(CCNC(=O)c1ccc(F)cc1Cl)NC1c2ccccc2Oc2ccccc21. The minimum atomic E-state index is -0.520. The first kappa shape index (κ1) is 19.9. The molecule has 0 aliphatic carbocycles. The van der Waals surface area contributed by atoms with Crippen molar-refractivity contribution in [2.75, 3.05) is 6.54 Å². The zero-order valence-corrected chi connectivity index (χ0v) is 16.6. The van der Waals surface area contributed by atoms with Crippen LogP contribution >= 0.6 is 11.6 Å². The maximum absolute atomic E-state index is 13.1. The fourth-order valence-corrected chi connectivity index (χ4v) is 3.61. The number of rotatable bonds is 5. The number of para-hydroxylation sites is 2. The van der Waals surface area contributed by atoms with E-state index >= 15 is 0 Å². The first-order valence-electron chi connectivity index (χ1n) is 9.41. The van der Waals surface area contributed by atoms with Gasteiger partial charge in [-0.2, -0.15) is 0 Å². The summed E-state index contributed by atoms with van der Waals surface area (Å²) in [6.45, 7) is 0.116. The van der Waals surface area contributed by atoms with Crippen molar-refractivity contribution in [2.45, 2.75) is 12.5 Å². The van der Waals surface area contributed by atoms with Gasteiger partial charge in [0.05, 0.1) is 16.6 Å². The van der Waals surface area contributed by atoms with Crippen molar-refractivity contribution in [3.05, 3.63) is 94.3 Å². The molecule has 30 heavy (non-hydrogen) atoms. The lowest BCUT2D eigenvalue weighted by atomic mass is 9.94. The highest BCUT2D eigenvalue weighted by atomic mass is 35.5. The van der Waals surface area contributed by atoms with Crippen LogP contribution in [0.2, 0.25) is 5.02 Å². The normalized spacial score (nSPS) is 12.3. The second-order valence-corrected chi connectivity index (χ2v) is 7.22. The minimum absolute atomic E-state index is 0.0207. The highest BCUT2D eigenvalue weighted by molar-refractivity contribution is 6.33. The molecule has 0 saturated carbocycles. The molecule has 2 N–H and O–H groups in total. The van der Waals surface area contributed by atoms with Crippen molar-refractivity contribution in [1.82, 2.24) is 10.6 Å². The maximum atomic E-state index is 13.1. The molecule has 5 nitrogen and oxygen atoms in total. The van der Waals surface area contributed by atoms with E-state index in [-0.39, 0.29) is 35.5 Å². The molecule has 0 aromatic heterocycles. The molecular weight excluding hydrogens is 407 g/mol. The minimum Gasteiger partial charge on any atom is -0.457 e. The van der Waals surface area contributed by atoms with Crippen LogP contribution in [-0.2, 0) is 4.79 Å². The third-order valence-corrected chi connectivity index (χ3v) is 5.11. The lowest BCUT2D eigenvalue weighted by molar-refractivity contribution is -0.121. The number of hydrogen-bond acceptors (Lipinski definition) is 3. The van der Waals surface area contributed by atoms with Crippen LogP contribution in [0.4, 0.5) is 4.39 Å². The number of ether oxygens (including phenoxy) is 1.